The first-order chi connectivity index (χ1) is 16.9. The van der Waals surface area contributed by atoms with Crippen molar-refractivity contribution in [3.05, 3.63) is 0 Å². The third-order valence-corrected chi connectivity index (χ3v) is 6.35. The molecule has 0 saturated carbocycles. The molecule has 1 rings (SSSR count). The lowest BCUT2D eigenvalue weighted by Crippen LogP contribution is -2.57. The molecule has 1 amide bonds. The number of ketones is 1. The van der Waals surface area contributed by atoms with Crippen LogP contribution in [0.15, 0.2) is 0 Å². The van der Waals surface area contributed by atoms with Gasteiger partial charge in [-0.2, -0.15) is 0 Å². The molecule has 0 aromatic heterocycles. The van der Waals surface area contributed by atoms with E-state index in [2.05, 4.69) is 14.4 Å². The summed E-state index contributed by atoms with van der Waals surface area (Å²) in [5.41, 5.74) is 5.12. The Bertz CT molecular complexity index is 728. The van der Waals surface area contributed by atoms with Crippen LogP contribution in [-0.4, -0.2) is 125 Å². The Kier molecular flexibility index (Phi) is 14.6. The van der Waals surface area contributed by atoms with E-state index in [0.717, 1.165) is 0 Å². The SMILES string of the molecule is CC1[C@H](O[C@H](CO)[C@@H](O)[C@@H](O)COP(=O)([O-])OCCNC(=O)CCC(=O)CN)OC(CO)[C@@H](O)[C@@H]1O. The van der Waals surface area contributed by atoms with Crippen LogP contribution >= 0.6 is 7.82 Å². The van der Waals surface area contributed by atoms with E-state index in [1.807, 2.05) is 0 Å². The van der Waals surface area contributed by atoms with E-state index in [4.69, 9.17) is 15.2 Å². The van der Waals surface area contributed by atoms with E-state index in [-0.39, 0.29) is 31.7 Å². The van der Waals surface area contributed by atoms with Crippen molar-refractivity contribution in [3.63, 3.8) is 0 Å². The minimum absolute atomic E-state index is 0.0541. The summed E-state index contributed by atoms with van der Waals surface area (Å²) >= 11 is 0. The fraction of sp³-hybridized carbons (Fsp3) is 0.895. The minimum atomic E-state index is -4.95. The van der Waals surface area contributed by atoms with Gasteiger partial charge in [-0.1, -0.05) is 6.92 Å². The van der Waals surface area contributed by atoms with Crippen molar-refractivity contribution in [2.45, 2.75) is 62.7 Å². The first-order valence-electron chi connectivity index (χ1n) is 11.2. The maximum absolute atomic E-state index is 11.8. The minimum Gasteiger partial charge on any atom is -0.756 e. The molecular formula is C19H36N2O14P-. The fourth-order valence-corrected chi connectivity index (χ4v) is 3.85. The molecular weight excluding hydrogens is 511 g/mol. The number of amides is 1. The largest absolute Gasteiger partial charge is 0.756 e. The van der Waals surface area contributed by atoms with Gasteiger partial charge < -0.3 is 65.1 Å². The number of aliphatic hydroxyl groups excluding tert-OH is 6. The van der Waals surface area contributed by atoms with Crippen molar-refractivity contribution in [1.82, 2.24) is 5.32 Å². The van der Waals surface area contributed by atoms with E-state index < -0.39 is 89.0 Å². The van der Waals surface area contributed by atoms with Gasteiger partial charge in [0.25, 0.3) is 7.82 Å². The molecule has 1 heterocycles. The van der Waals surface area contributed by atoms with Gasteiger partial charge in [0.1, 0.15) is 36.3 Å². The standard InChI is InChI=1S/C19H37N2O14P/c1-10-16(27)18(29)14(8-23)35-19(10)34-13(7-22)17(28)12(25)9-33-36(30,31)32-5-4-21-15(26)3-2-11(24)6-20/h10,12-14,16-19,22-23,25,27-29H,2-9,20H2,1H3,(H,21,26)(H,30,31)/p-1/t10?,12-,13+,14?,16+,17-,18+,19+/m0/s1. The summed E-state index contributed by atoms with van der Waals surface area (Å²) in [5.74, 6) is -1.67. The Labute approximate surface area is 207 Å². The number of nitrogens with one attached hydrogen (secondary N) is 1. The molecule has 36 heavy (non-hydrogen) atoms. The molecule has 0 spiro atoms. The van der Waals surface area contributed by atoms with Gasteiger partial charge in [0.2, 0.25) is 5.91 Å². The summed E-state index contributed by atoms with van der Waals surface area (Å²) in [5, 5.41) is 61.4. The van der Waals surface area contributed by atoms with E-state index in [9.17, 15) is 49.7 Å². The van der Waals surface area contributed by atoms with Gasteiger partial charge in [0.05, 0.1) is 39.1 Å². The molecule has 0 aliphatic carbocycles. The predicted octanol–water partition coefficient (Wildman–Crippen LogP) is -4.91. The highest BCUT2D eigenvalue weighted by atomic mass is 31.2. The lowest BCUT2D eigenvalue weighted by molar-refractivity contribution is -0.306. The van der Waals surface area contributed by atoms with Crippen molar-refractivity contribution in [2.24, 2.45) is 11.7 Å². The zero-order valence-electron chi connectivity index (χ0n) is 19.7. The van der Waals surface area contributed by atoms with Crippen molar-refractivity contribution in [1.29, 1.82) is 0 Å². The van der Waals surface area contributed by atoms with Gasteiger partial charge >= 0.3 is 0 Å². The maximum atomic E-state index is 11.8. The fourth-order valence-electron chi connectivity index (χ4n) is 3.12. The Balaban J connectivity index is 2.48. The first-order valence-corrected chi connectivity index (χ1v) is 12.7. The summed E-state index contributed by atoms with van der Waals surface area (Å²) < 4.78 is 31.6. The average Bonchev–Trinajstić information content (AvgIpc) is 2.86. The Morgan fingerprint density at radius 3 is 2.42 bits per heavy atom. The van der Waals surface area contributed by atoms with Crippen LogP contribution in [0.1, 0.15) is 19.8 Å². The maximum Gasteiger partial charge on any atom is 0.268 e. The van der Waals surface area contributed by atoms with Crippen LogP contribution in [0.4, 0.5) is 0 Å². The summed E-state index contributed by atoms with van der Waals surface area (Å²) in [4.78, 5) is 34.4. The molecule has 1 aliphatic rings. The number of phosphoric ester groups is 1. The molecule has 1 saturated heterocycles. The van der Waals surface area contributed by atoms with Crippen LogP contribution in [0.3, 0.4) is 0 Å². The predicted molar refractivity (Wildman–Crippen MR) is 117 cm³/mol. The van der Waals surface area contributed by atoms with Crippen LogP contribution < -0.4 is 15.9 Å². The van der Waals surface area contributed by atoms with Crippen molar-refractivity contribution in [3.8, 4) is 0 Å². The zero-order chi connectivity index (χ0) is 27.5. The smallest absolute Gasteiger partial charge is 0.268 e. The van der Waals surface area contributed by atoms with E-state index in [0.29, 0.717) is 0 Å². The summed E-state index contributed by atoms with van der Waals surface area (Å²) in [6.07, 6.45) is -10.7. The molecule has 0 aromatic carbocycles. The molecule has 0 bridgehead atoms. The number of carbonyl (C=O) groups excluding carboxylic acids is 2. The van der Waals surface area contributed by atoms with Gasteiger partial charge in [0.15, 0.2) is 6.29 Å². The van der Waals surface area contributed by atoms with Gasteiger partial charge in [-0.05, 0) is 0 Å². The van der Waals surface area contributed by atoms with Gasteiger partial charge in [0, 0.05) is 25.3 Å². The molecule has 3 unspecified atom stereocenters. The number of ether oxygens (including phenoxy) is 2. The summed E-state index contributed by atoms with van der Waals surface area (Å²) in [6.45, 7) is -1.94. The number of nitrogens with two attached hydrogens (primary N) is 1. The molecule has 1 aliphatic heterocycles. The topological polar surface area (TPSA) is 271 Å². The Morgan fingerprint density at radius 2 is 1.83 bits per heavy atom. The Morgan fingerprint density at radius 1 is 1.17 bits per heavy atom. The lowest BCUT2D eigenvalue weighted by Gasteiger charge is -2.42. The van der Waals surface area contributed by atoms with Crippen LogP contribution in [0, 0.1) is 5.92 Å². The van der Waals surface area contributed by atoms with Crippen LogP contribution in [0.25, 0.3) is 0 Å². The molecule has 1 fully saturated rings. The normalized spacial score (nSPS) is 28.6. The van der Waals surface area contributed by atoms with Crippen LogP contribution in [-0.2, 0) is 32.7 Å². The molecule has 17 heteroatoms. The highest BCUT2D eigenvalue weighted by molar-refractivity contribution is 7.45. The molecule has 0 aromatic rings. The van der Waals surface area contributed by atoms with Crippen LogP contribution in [0.5, 0.6) is 0 Å². The Hall–Kier alpha value is -1.11. The molecule has 16 nitrogen and oxygen atoms in total. The molecule has 0 radical (unpaired) electrons. The van der Waals surface area contributed by atoms with Crippen LogP contribution in [0.2, 0.25) is 0 Å². The zero-order valence-corrected chi connectivity index (χ0v) is 20.6. The van der Waals surface area contributed by atoms with Gasteiger partial charge in [-0.3, -0.25) is 14.2 Å². The number of hydrogen-bond donors (Lipinski definition) is 8. The van der Waals surface area contributed by atoms with E-state index >= 15 is 0 Å². The number of aliphatic hydroxyl groups is 6. The second-order valence-electron chi connectivity index (χ2n) is 8.15. The number of phosphoric acid groups is 1. The number of Topliss-reactive ketones (excluding diaryl/α,β-unsaturated/α-hetero) is 1. The monoisotopic (exact) mass is 547 g/mol. The summed E-state index contributed by atoms with van der Waals surface area (Å²) in [6, 6.07) is 0. The quantitative estimate of drug-likeness (QED) is 0.0626. The van der Waals surface area contributed by atoms with E-state index in [1.165, 1.54) is 6.92 Å². The van der Waals surface area contributed by atoms with Crippen molar-refractivity contribution < 1.29 is 68.2 Å². The van der Waals surface area contributed by atoms with E-state index in [1.54, 1.807) is 0 Å². The number of hydrogen-bond acceptors (Lipinski definition) is 15. The van der Waals surface area contributed by atoms with Crippen molar-refractivity contribution >= 4 is 19.5 Å². The molecule has 212 valence electrons. The lowest BCUT2D eigenvalue weighted by atomic mass is 9.92. The van der Waals surface area contributed by atoms with Gasteiger partial charge in [-0.15, -0.1) is 0 Å². The summed E-state index contributed by atoms with van der Waals surface area (Å²) in [7, 11) is -4.95. The second-order valence-corrected chi connectivity index (χ2v) is 9.56. The number of rotatable bonds is 17. The first kappa shape index (κ1) is 32.9. The molecule has 9 N–H and O–H groups in total. The third kappa shape index (κ3) is 10.7. The number of carbonyl (C=O) groups is 2. The second kappa shape index (κ2) is 16.0. The van der Waals surface area contributed by atoms with Gasteiger partial charge in [-0.25, -0.2) is 0 Å². The molecule has 9 atom stereocenters. The third-order valence-electron chi connectivity index (χ3n) is 5.39. The highest BCUT2D eigenvalue weighted by Crippen LogP contribution is 2.38. The average molecular weight is 547 g/mol. The highest BCUT2D eigenvalue weighted by Gasteiger charge is 2.44. The van der Waals surface area contributed by atoms with Crippen molar-refractivity contribution in [2.75, 3.05) is 39.5 Å².